The van der Waals surface area contributed by atoms with Gasteiger partial charge in [-0.15, -0.1) is 0 Å². The van der Waals surface area contributed by atoms with Gasteiger partial charge in [0.25, 0.3) is 0 Å². The molecule has 0 aliphatic carbocycles. The molecular formula is C38H56N8O8. The average molecular weight is 753 g/mol. The first-order valence-corrected chi connectivity index (χ1v) is 17.4. The first-order chi connectivity index (χ1) is 25.7. The minimum Gasteiger partial charge on any atom is -0.395 e. The monoisotopic (exact) mass is 752 g/mol. The largest absolute Gasteiger partial charge is 0.395 e. The van der Waals surface area contributed by atoms with E-state index in [4.69, 9.17) is 22.9 Å². The zero-order valence-corrected chi connectivity index (χ0v) is 33.9. The Labute approximate surface area is 317 Å². The maximum Gasteiger partial charge on any atom is 0.136 e. The van der Waals surface area contributed by atoms with Crippen molar-refractivity contribution in [1.29, 1.82) is 0 Å². The van der Waals surface area contributed by atoms with Gasteiger partial charge in [0.05, 0.1) is 46.6 Å². The Bertz CT molecular complexity index is 1710. The first-order valence-electron chi connectivity index (χ1n) is 17.4. The highest BCUT2D eigenvalue weighted by Crippen LogP contribution is 2.07. The van der Waals surface area contributed by atoms with Gasteiger partial charge in [0.15, 0.2) is 0 Å². The SMILES string of the molecule is CC1=NOC(C)C1.CC1=NOCC1.CCc1cc(C)on1.Cc1cc(C)on1.Cc1cc(C)on1.Cc1ccno1.Cc1ccon1.Cc1cnoc1C. The van der Waals surface area contributed by atoms with Crippen molar-refractivity contribution in [2.24, 2.45) is 10.3 Å². The number of aryl methyl sites for hydroxylation is 10. The van der Waals surface area contributed by atoms with Gasteiger partial charge in [0, 0.05) is 48.7 Å². The molecule has 8 heterocycles. The van der Waals surface area contributed by atoms with E-state index in [1.54, 1.807) is 30.8 Å². The normalized spacial score (nSPS) is 13.1. The molecule has 16 nitrogen and oxygen atoms in total. The molecule has 8 rings (SSSR count). The molecule has 0 amide bonds. The molecule has 0 spiro atoms. The van der Waals surface area contributed by atoms with E-state index in [1.165, 1.54) is 0 Å². The highest BCUT2D eigenvalue weighted by molar-refractivity contribution is 5.82. The lowest BCUT2D eigenvalue weighted by Crippen LogP contribution is -1.97. The molecule has 0 bridgehead atoms. The van der Waals surface area contributed by atoms with Crippen molar-refractivity contribution in [1.82, 2.24) is 30.9 Å². The molecule has 1 unspecified atom stereocenters. The van der Waals surface area contributed by atoms with E-state index < -0.39 is 0 Å². The van der Waals surface area contributed by atoms with Crippen molar-refractivity contribution < 1.29 is 36.8 Å². The summed E-state index contributed by atoms with van der Waals surface area (Å²) in [5.74, 6) is 4.40. The Balaban J connectivity index is 0.000000309. The third-order valence-electron chi connectivity index (χ3n) is 6.40. The zero-order chi connectivity index (χ0) is 40.3. The summed E-state index contributed by atoms with van der Waals surface area (Å²) in [5.41, 5.74) is 7.16. The molecule has 6 aromatic heterocycles. The fourth-order valence-electron chi connectivity index (χ4n) is 3.53. The minimum atomic E-state index is 0.319. The van der Waals surface area contributed by atoms with Crippen LogP contribution >= 0.6 is 0 Å². The number of hydrogen-bond acceptors (Lipinski definition) is 16. The Morgan fingerprint density at radius 1 is 0.630 bits per heavy atom. The molecular weight excluding hydrogens is 696 g/mol. The van der Waals surface area contributed by atoms with E-state index in [1.807, 2.05) is 101 Å². The second-order valence-electron chi connectivity index (χ2n) is 12.1. The summed E-state index contributed by atoms with van der Waals surface area (Å²) in [6, 6.07) is 9.33. The van der Waals surface area contributed by atoms with Crippen LogP contribution in [-0.4, -0.2) is 55.1 Å². The second kappa shape index (κ2) is 26.9. The van der Waals surface area contributed by atoms with Crippen LogP contribution in [0.5, 0.6) is 0 Å². The van der Waals surface area contributed by atoms with Gasteiger partial charge in [-0.3, -0.25) is 0 Å². The van der Waals surface area contributed by atoms with Gasteiger partial charge < -0.3 is 36.8 Å². The topological polar surface area (TPSA) is 199 Å². The van der Waals surface area contributed by atoms with E-state index in [2.05, 4.69) is 62.1 Å². The fraction of sp³-hybridized carbons (Fsp3) is 0.474. The van der Waals surface area contributed by atoms with Gasteiger partial charge in [0.2, 0.25) is 0 Å². The number of oxime groups is 2. The predicted molar refractivity (Wildman–Crippen MR) is 203 cm³/mol. The quantitative estimate of drug-likeness (QED) is 0.154. The maximum atomic E-state index is 4.85. The van der Waals surface area contributed by atoms with Crippen LogP contribution in [0.15, 0.2) is 86.4 Å². The van der Waals surface area contributed by atoms with Gasteiger partial charge in [0.1, 0.15) is 47.8 Å². The van der Waals surface area contributed by atoms with Crippen LogP contribution in [0.1, 0.15) is 97.7 Å². The van der Waals surface area contributed by atoms with Crippen molar-refractivity contribution >= 4 is 11.4 Å². The molecule has 1 atom stereocenters. The molecule has 54 heavy (non-hydrogen) atoms. The van der Waals surface area contributed by atoms with Gasteiger partial charge in [-0.25, -0.2) is 0 Å². The first kappa shape index (κ1) is 46.2. The Hall–Kier alpha value is -5.80. The third-order valence-corrected chi connectivity index (χ3v) is 6.40. The third kappa shape index (κ3) is 23.6. The van der Waals surface area contributed by atoms with Crippen LogP contribution in [-0.2, 0) is 16.1 Å². The molecule has 6 aromatic rings. The summed E-state index contributed by atoms with van der Waals surface area (Å²) < 4.78 is 28.0. The smallest absolute Gasteiger partial charge is 0.136 e. The van der Waals surface area contributed by atoms with Crippen LogP contribution in [0.25, 0.3) is 0 Å². The highest BCUT2D eigenvalue weighted by atomic mass is 16.6. The van der Waals surface area contributed by atoms with Crippen molar-refractivity contribution in [3.05, 3.63) is 106 Å². The number of rotatable bonds is 1. The lowest BCUT2D eigenvalue weighted by Gasteiger charge is -1.93. The summed E-state index contributed by atoms with van der Waals surface area (Å²) in [4.78, 5) is 9.50. The Morgan fingerprint density at radius 2 is 1.26 bits per heavy atom. The summed E-state index contributed by atoms with van der Waals surface area (Å²) in [5, 5.41) is 29.0. The van der Waals surface area contributed by atoms with Crippen LogP contribution in [0, 0.1) is 62.3 Å². The van der Waals surface area contributed by atoms with Crippen molar-refractivity contribution in [3.63, 3.8) is 0 Å². The van der Waals surface area contributed by atoms with Crippen molar-refractivity contribution in [2.45, 2.75) is 115 Å². The van der Waals surface area contributed by atoms with E-state index in [0.29, 0.717) is 6.10 Å². The average Bonchev–Trinajstić information content (AvgIpc) is 3.96. The van der Waals surface area contributed by atoms with E-state index in [0.717, 1.165) is 94.4 Å². The second-order valence-corrected chi connectivity index (χ2v) is 12.1. The molecule has 296 valence electrons. The molecule has 2 aliphatic heterocycles. The number of aromatic nitrogens is 6. The van der Waals surface area contributed by atoms with E-state index in [9.17, 15) is 0 Å². The fourth-order valence-corrected chi connectivity index (χ4v) is 3.53. The molecule has 2 aliphatic rings. The maximum absolute atomic E-state index is 4.85. The number of nitrogens with zero attached hydrogens (tertiary/aromatic N) is 8. The van der Waals surface area contributed by atoms with Gasteiger partial charge in [-0.05, 0) is 89.5 Å². The lowest BCUT2D eigenvalue weighted by atomic mass is 10.2. The summed E-state index contributed by atoms with van der Waals surface area (Å²) in [7, 11) is 0. The molecule has 16 heteroatoms. The van der Waals surface area contributed by atoms with Crippen LogP contribution in [0.2, 0.25) is 0 Å². The van der Waals surface area contributed by atoms with Gasteiger partial charge >= 0.3 is 0 Å². The van der Waals surface area contributed by atoms with Crippen LogP contribution in [0.4, 0.5) is 0 Å². The number of hydrogen-bond donors (Lipinski definition) is 0. The summed E-state index contributed by atoms with van der Waals surface area (Å²) in [6.07, 6.45) is 8.16. The molecule has 0 radical (unpaired) electrons. The standard InChI is InChI=1S/C6H9NO.C5H7NO.C5H9NO.2C5H7NO.C4H7NO.2C4H5NO/c1-3-6-4-5(2)8-7-6;1-4-3-6-7-5(4)2;3*1-4-3-5(2)7-6-4;2*1-4-2-3-6-5-4;1-4-2-3-5-6-4/h4H,3H2,1-2H3;3H,1-2H3;5H,3H2,1-2H3;2*3H,1-2H3;2-3H2,1H3;2*2-3H,1H3. The van der Waals surface area contributed by atoms with E-state index in [-0.39, 0.29) is 0 Å². The van der Waals surface area contributed by atoms with Crippen LogP contribution < -0.4 is 0 Å². The molecule has 0 saturated carbocycles. The van der Waals surface area contributed by atoms with E-state index >= 15 is 0 Å². The van der Waals surface area contributed by atoms with Gasteiger partial charge in [-0.1, -0.05) is 48.2 Å². The highest BCUT2D eigenvalue weighted by Gasteiger charge is 2.10. The molecule has 0 N–H and O–H groups in total. The lowest BCUT2D eigenvalue weighted by molar-refractivity contribution is 0.0995. The van der Waals surface area contributed by atoms with Crippen molar-refractivity contribution in [2.75, 3.05) is 6.61 Å². The van der Waals surface area contributed by atoms with Crippen LogP contribution in [0.3, 0.4) is 0 Å². The molecule has 0 fully saturated rings. The zero-order valence-electron chi connectivity index (χ0n) is 33.9. The summed E-state index contributed by atoms with van der Waals surface area (Å²) in [6.45, 7) is 25.8. The minimum absolute atomic E-state index is 0.319. The Morgan fingerprint density at radius 3 is 1.41 bits per heavy atom. The van der Waals surface area contributed by atoms with Crippen molar-refractivity contribution in [3.8, 4) is 0 Å². The Kier molecular flexibility index (Phi) is 23.0. The summed E-state index contributed by atoms with van der Waals surface area (Å²) >= 11 is 0. The molecule has 0 saturated heterocycles. The molecule has 0 aromatic carbocycles. The van der Waals surface area contributed by atoms with Gasteiger partial charge in [-0.2, -0.15) is 0 Å². The predicted octanol–water partition coefficient (Wildman–Crippen LogP) is 9.34.